The van der Waals surface area contributed by atoms with Gasteiger partial charge in [-0.25, -0.2) is 4.98 Å². The maximum atomic E-state index is 11.8. The number of aromatic nitrogens is 3. The van der Waals surface area contributed by atoms with Crippen molar-refractivity contribution in [3.8, 4) is 11.4 Å². The molecule has 0 fully saturated rings. The molecule has 1 atom stereocenters. The van der Waals surface area contributed by atoms with Crippen LogP contribution in [0.25, 0.3) is 11.4 Å². The summed E-state index contributed by atoms with van der Waals surface area (Å²) in [6.07, 6.45) is 0.259. The van der Waals surface area contributed by atoms with Gasteiger partial charge >= 0.3 is 5.97 Å². The van der Waals surface area contributed by atoms with E-state index in [1.807, 2.05) is 30.3 Å². The molecule has 0 aliphatic rings. The Balaban J connectivity index is 2.01. The molecule has 2 aromatic rings. The lowest BCUT2D eigenvalue weighted by atomic mass is 10.1. The molecule has 2 rings (SSSR count). The van der Waals surface area contributed by atoms with Crippen molar-refractivity contribution in [2.75, 3.05) is 0 Å². The first-order valence-electron chi connectivity index (χ1n) is 6.80. The summed E-state index contributed by atoms with van der Waals surface area (Å²) in [6, 6.07) is 8.83. The number of hydrogen-bond donors (Lipinski definition) is 2. The Morgan fingerprint density at radius 2 is 2.00 bits per heavy atom. The fourth-order valence-corrected chi connectivity index (χ4v) is 1.77. The van der Waals surface area contributed by atoms with Gasteiger partial charge in [-0.3, -0.25) is 9.89 Å². The van der Waals surface area contributed by atoms with E-state index in [0.717, 1.165) is 5.56 Å². The molecule has 1 aromatic heterocycles. The number of nitrogens with one attached hydrogen (secondary N) is 1. The number of hydrogen-bond acceptors (Lipinski definition) is 5. The van der Waals surface area contributed by atoms with Crippen molar-refractivity contribution in [1.82, 2.24) is 15.2 Å². The van der Waals surface area contributed by atoms with Gasteiger partial charge in [0.05, 0.1) is 0 Å². The Morgan fingerprint density at radius 1 is 1.33 bits per heavy atom. The summed E-state index contributed by atoms with van der Waals surface area (Å²) in [5.74, 6) is 0.703. The van der Waals surface area contributed by atoms with Gasteiger partial charge in [0.15, 0.2) is 5.82 Å². The molecular formula is C15H20N4O2. The Kier molecular flexibility index (Phi) is 4.37. The normalized spacial score (nSPS) is 13.0. The van der Waals surface area contributed by atoms with Crippen LogP contribution in [0.1, 0.15) is 26.6 Å². The quantitative estimate of drug-likeness (QED) is 0.835. The second-order valence-electron chi connectivity index (χ2n) is 5.82. The van der Waals surface area contributed by atoms with E-state index in [1.54, 1.807) is 20.8 Å². The van der Waals surface area contributed by atoms with Gasteiger partial charge in [0, 0.05) is 12.0 Å². The second kappa shape index (κ2) is 6.05. The zero-order valence-electron chi connectivity index (χ0n) is 12.5. The molecule has 0 aliphatic heterocycles. The minimum atomic E-state index is -0.763. The van der Waals surface area contributed by atoms with Crippen LogP contribution in [-0.4, -0.2) is 32.8 Å². The lowest BCUT2D eigenvalue weighted by Crippen LogP contribution is -2.39. The number of nitrogens with two attached hydrogens (primary N) is 1. The summed E-state index contributed by atoms with van der Waals surface area (Å²) in [5.41, 5.74) is 6.20. The summed E-state index contributed by atoms with van der Waals surface area (Å²) >= 11 is 0. The number of nitrogens with zero attached hydrogens (tertiary/aromatic N) is 2. The Bertz CT molecular complexity index is 602. The lowest BCUT2D eigenvalue weighted by molar-refractivity contribution is -0.156. The monoisotopic (exact) mass is 288 g/mol. The maximum Gasteiger partial charge on any atom is 0.323 e. The number of carbonyl (C=O) groups excluding carboxylic acids is 1. The summed E-state index contributed by atoms with van der Waals surface area (Å²) in [6.45, 7) is 5.42. The molecule has 3 N–H and O–H groups in total. The van der Waals surface area contributed by atoms with Crippen molar-refractivity contribution in [3.05, 3.63) is 36.2 Å². The third-order valence-corrected chi connectivity index (χ3v) is 2.69. The smallest absolute Gasteiger partial charge is 0.323 e. The van der Waals surface area contributed by atoms with E-state index in [-0.39, 0.29) is 6.42 Å². The minimum absolute atomic E-state index is 0.259. The van der Waals surface area contributed by atoms with Crippen LogP contribution in [0.5, 0.6) is 0 Å². The highest BCUT2D eigenvalue weighted by molar-refractivity contribution is 5.76. The zero-order valence-corrected chi connectivity index (χ0v) is 12.5. The topological polar surface area (TPSA) is 93.9 Å². The van der Waals surface area contributed by atoms with Crippen molar-refractivity contribution in [2.45, 2.75) is 38.8 Å². The SMILES string of the molecule is CC(C)(C)OC(=O)C(N)Cc1nc(-c2ccccc2)n[nH]1. The molecule has 0 bridgehead atoms. The largest absolute Gasteiger partial charge is 0.459 e. The van der Waals surface area contributed by atoms with Gasteiger partial charge in [0.1, 0.15) is 17.5 Å². The summed E-state index contributed by atoms with van der Waals surface area (Å²) in [7, 11) is 0. The van der Waals surface area contributed by atoms with Gasteiger partial charge in [-0.2, -0.15) is 5.10 Å². The molecule has 1 aromatic carbocycles. The first-order chi connectivity index (χ1) is 9.85. The first-order valence-corrected chi connectivity index (χ1v) is 6.80. The molecule has 6 heteroatoms. The Morgan fingerprint density at radius 3 is 2.62 bits per heavy atom. The molecule has 0 aliphatic carbocycles. The number of aromatic amines is 1. The van der Waals surface area contributed by atoms with Crippen molar-refractivity contribution in [3.63, 3.8) is 0 Å². The summed E-state index contributed by atoms with van der Waals surface area (Å²) in [4.78, 5) is 16.2. The molecule has 112 valence electrons. The average Bonchev–Trinajstić information content (AvgIpc) is 2.86. The van der Waals surface area contributed by atoms with E-state index < -0.39 is 17.6 Å². The Hall–Kier alpha value is -2.21. The highest BCUT2D eigenvalue weighted by atomic mass is 16.6. The Labute approximate surface area is 123 Å². The molecule has 0 radical (unpaired) electrons. The zero-order chi connectivity index (χ0) is 15.5. The highest BCUT2D eigenvalue weighted by Crippen LogP contribution is 2.14. The number of esters is 1. The maximum absolute atomic E-state index is 11.8. The van der Waals surface area contributed by atoms with Crippen LogP contribution in [0.4, 0.5) is 0 Å². The van der Waals surface area contributed by atoms with E-state index in [9.17, 15) is 4.79 Å². The third kappa shape index (κ3) is 4.39. The molecule has 0 amide bonds. The van der Waals surface area contributed by atoms with Gasteiger partial charge in [-0.1, -0.05) is 30.3 Å². The predicted molar refractivity (Wildman–Crippen MR) is 79.3 cm³/mol. The van der Waals surface area contributed by atoms with Crippen LogP contribution in [0.2, 0.25) is 0 Å². The van der Waals surface area contributed by atoms with E-state index in [2.05, 4.69) is 15.2 Å². The van der Waals surface area contributed by atoms with Crippen molar-refractivity contribution < 1.29 is 9.53 Å². The number of rotatable bonds is 4. The number of ether oxygens (including phenoxy) is 1. The fraction of sp³-hybridized carbons (Fsp3) is 0.400. The van der Waals surface area contributed by atoms with Crippen LogP contribution in [0, 0.1) is 0 Å². The molecule has 0 saturated heterocycles. The molecule has 0 saturated carbocycles. The minimum Gasteiger partial charge on any atom is -0.459 e. The number of H-pyrrole nitrogens is 1. The molecule has 6 nitrogen and oxygen atoms in total. The fourth-order valence-electron chi connectivity index (χ4n) is 1.77. The molecule has 0 spiro atoms. The van der Waals surface area contributed by atoms with Crippen molar-refractivity contribution in [1.29, 1.82) is 0 Å². The molecule has 1 unspecified atom stereocenters. The van der Waals surface area contributed by atoms with Crippen LogP contribution in [0.3, 0.4) is 0 Å². The standard InChI is InChI=1S/C15H20N4O2/c1-15(2,3)21-14(20)11(16)9-12-17-13(19-18-12)10-7-5-4-6-8-10/h4-8,11H,9,16H2,1-3H3,(H,17,18,19). The predicted octanol–water partition coefficient (Wildman–Crippen LogP) is 1.68. The average molecular weight is 288 g/mol. The van der Waals surface area contributed by atoms with Crippen LogP contribution in [-0.2, 0) is 16.0 Å². The summed E-state index contributed by atoms with van der Waals surface area (Å²) < 4.78 is 5.24. The second-order valence-corrected chi connectivity index (χ2v) is 5.82. The van der Waals surface area contributed by atoms with Crippen LogP contribution in [0.15, 0.2) is 30.3 Å². The third-order valence-electron chi connectivity index (χ3n) is 2.69. The lowest BCUT2D eigenvalue weighted by Gasteiger charge is -2.21. The summed E-state index contributed by atoms with van der Waals surface area (Å²) in [5, 5.41) is 6.93. The molecular weight excluding hydrogens is 268 g/mol. The molecule has 21 heavy (non-hydrogen) atoms. The van der Waals surface area contributed by atoms with E-state index in [0.29, 0.717) is 11.6 Å². The number of carbonyl (C=O) groups is 1. The van der Waals surface area contributed by atoms with Gasteiger partial charge < -0.3 is 10.5 Å². The molecule has 1 heterocycles. The van der Waals surface area contributed by atoms with Gasteiger partial charge in [0.25, 0.3) is 0 Å². The van der Waals surface area contributed by atoms with Crippen LogP contribution >= 0.6 is 0 Å². The van der Waals surface area contributed by atoms with Crippen molar-refractivity contribution in [2.24, 2.45) is 5.73 Å². The van der Waals surface area contributed by atoms with Gasteiger partial charge in [-0.15, -0.1) is 0 Å². The van der Waals surface area contributed by atoms with E-state index in [1.165, 1.54) is 0 Å². The number of benzene rings is 1. The van der Waals surface area contributed by atoms with E-state index in [4.69, 9.17) is 10.5 Å². The first kappa shape index (κ1) is 15.2. The van der Waals surface area contributed by atoms with Gasteiger partial charge in [-0.05, 0) is 20.8 Å². The van der Waals surface area contributed by atoms with Crippen molar-refractivity contribution >= 4 is 5.97 Å². The highest BCUT2D eigenvalue weighted by Gasteiger charge is 2.23. The van der Waals surface area contributed by atoms with Gasteiger partial charge in [0.2, 0.25) is 0 Å². The van der Waals surface area contributed by atoms with Crippen LogP contribution < -0.4 is 5.73 Å². The van der Waals surface area contributed by atoms with E-state index >= 15 is 0 Å².